The molecule has 1 atom stereocenters. The zero-order chi connectivity index (χ0) is 13.3. The number of nitrogens with zero attached hydrogens (tertiary/aromatic N) is 1. The summed E-state index contributed by atoms with van der Waals surface area (Å²) < 4.78 is 0. The summed E-state index contributed by atoms with van der Waals surface area (Å²) in [7, 11) is 0. The van der Waals surface area contributed by atoms with Gasteiger partial charge in [0.1, 0.15) is 0 Å². The Labute approximate surface area is 109 Å². The van der Waals surface area contributed by atoms with Gasteiger partial charge < -0.3 is 5.11 Å². The minimum atomic E-state index is -0.751. The van der Waals surface area contributed by atoms with Crippen LogP contribution in [0, 0.1) is 12.8 Å². The second-order valence-electron chi connectivity index (χ2n) is 5.29. The van der Waals surface area contributed by atoms with E-state index in [1.807, 2.05) is 32.0 Å². The zero-order valence-corrected chi connectivity index (χ0v) is 11.6. The van der Waals surface area contributed by atoms with Crippen LogP contribution in [0.1, 0.15) is 38.4 Å². The monoisotopic (exact) mass is 243 g/mol. The maximum absolute atomic E-state index is 10.8. The minimum absolute atomic E-state index is 0.193. The summed E-state index contributed by atoms with van der Waals surface area (Å²) in [5.41, 5.74) is 2.24. The molecule has 2 heteroatoms. The molecule has 1 heterocycles. The van der Waals surface area contributed by atoms with Crippen molar-refractivity contribution in [3.05, 3.63) is 41.6 Å². The molecule has 2 nitrogen and oxygen atoms in total. The number of aliphatic hydroxyl groups is 1. The molecule has 1 aromatic carbocycles. The van der Waals surface area contributed by atoms with Crippen LogP contribution in [0.15, 0.2) is 30.3 Å². The Balaban J connectivity index is 2.56. The van der Waals surface area contributed by atoms with Crippen LogP contribution in [0.5, 0.6) is 0 Å². The van der Waals surface area contributed by atoms with Gasteiger partial charge in [0.05, 0.1) is 11.1 Å². The van der Waals surface area contributed by atoms with Crippen molar-refractivity contribution in [2.45, 2.75) is 39.7 Å². The predicted octanol–water partition coefficient (Wildman–Crippen LogP) is 3.80. The third-order valence-corrected chi connectivity index (χ3v) is 3.82. The Morgan fingerprint density at radius 3 is 2.56 bits per heavy atom. The summed E-state index contributed by atoms with van der Waals surface area (Å²) in [4.78, 5) is 4.49. The molecule has 0 radical (unpaired) electrons. The molecule has 0 spiro atoms. The molecule has 2 aromatic rings. The summed E-state index contributed by atoms with van der Waals surface area (Å²) in [6.45, 7) is 8.13. The summed E-state index contributed by atoms with van der Waals surface area (Å²) >= 11 is 0. The first-order chi connectivity index (χ1) is 8.47. The maximum atomic E-state index is 10.8. The molecule has 18 heavy (non-hydrogen) atoms. The lowest BCUT2D eigenvalue weighted by Gasteiger charge is -2.31. The Kier molecular flexibility index (Phi) is 3.40. The molecule has 0 fully saturated rings. The number of aromatic nitrogens is 1. The molecule has 2 rings (SSSR count). The van der Waals surface area contributed by atoms with E-state index < -0.39 is 5.60 Å². The molecule has 1 unspecified atom stereocenters. The first kappa shape index (κ1) is 13.0. The fraction of sp³-hybridized carbons (Fsp3) is 0.438. The Morgan fingerprint density at radius 2 is 1.94 bits per heavy atom. The highest BCUT2D eigenvalue weighted by Crippen LogP contribution is 2.34. The van der Waals surface area contributed by atoms with Crippen LogP contribution in [-0.2, 0) is 5.60 Å². The molecule has 0 aliphatic carbocycles. The van der Waals surface area contributed by atoms with Crippen LogP contribution in [0.4, 0.5) is 0 Å². The van der Waals surface area contributed by atoms with E-state index in [0.717, 1.165) is 28.6 Å². The zero-order valence-electron chi connectivity index (χ0n) is 11.6. The normalized spacial score (nSPS) is 15.0. The fourth-order valence-electron chi connectivity index (χ4n) is 2.44. The van der Waals surface area contributed by atoms with E-state index in [2.05, 4.69) is 31.0 Å². The standard InChI is InChI=1S/C16H21NO/c1-5-16(18,11(2)3)14-8-9-15-13(10-14)7-6-12(4)17-15/h6-11,18H,5H2,1-4H3. The van der Waals surface area contributed by atoms with Crippen molar-refractivity contribution < 1.29 is 5.11 Å². The molecule has 0 aliphatic heterocycles. The quantitative estimate of drug-likeness (QED) is 0.889. The molecule has 0 saturated carbocycles. The number of aryl methyl sites for hydroxylation is 1. The predicted molar refractivity (Wildman–Crippen MR) is 75.5 cm³/mol. The van der Waals surface area contributed by atoms with E-state index >= 15 is 0 Å². The lowest BCUT2D eigenvalue weighted by atomic mass is 9.81. The Bertz CT molecular complexity index is 562. The Morgan fingerprint density at radius 1 is 1.22 bits per heavy atom. The second-order valence-corrected chi connectivity index (χ2v) is 5.29. The van der Waals surface area contributed by atoms with Gasteiger partial charge in [0.2, 0.25) is 0 Å². The van der Waals surface area contributed by atoms with E-state index in [0.29, 0.717) is 0 Å². The van der Waals surface area contributed by atoms with Crippen molar-refractivity contribution in [2.24, 2.45) is 5.92 Å². The van der Waals surface area contributed by atoms with Crippen molar-refractivity contribution in [2.75, 3.05) is 0 Å². The molecule has 1 aromatic heterocycles. The molecular weight excluding hydrogens is 222 g/mol. The third-order valence-electron chi connectivity index (χ3n) is 3.82. The number of fused-ring (bicyclic) bond motifs is 1. The van der Waals surface area contributed by atoms with Crippen molar-refractivity contribution >= 4 is 10.9 Å². The molecule has 0 bridgehead atoms. The number of hydrogen-bond acceptors (Lipinski definition) is 2. The second kappa shape index (κ2) is 4.69. The third kappa shape index (κ3) is 2.13. The van der Waals surface area contributed by atoms with Crippen LogP contribution in [0.25, 0.3) is 10.9 Å². The van der Waals surface area contributed by atoms with Crippen LogP contribution in [0.3, 0.4) is 0 Å². The molecule has 1 N–H and O–H groups in total. The molecular formula is C16H21NO. The SMILES string of the molecule is CCC(O)(c1ccc2nc(C)ccc2c1)C(C)C. The van der Waals surface area contributed by atoms with Gasteiger partial charge in [-0.2, -0.15) is 0 Å². The van der Waals surface area contributed by atoms with E-state index in [-0.39, 0.29) is 5.92 Å². The summed E-state index contributed by atoms with van der Waals surface area (Å²) in [6.07, 6.45) is 0.718. The van der Waals surface area contributed by atoms with Crippen LogP contribution in [-0.4, -0.2) is 10.1 Å². The van der Waals surface area contributed by atoms with Gasteiger partial charge in [-0.1, -0.05) is 32.9 Å². The van der Waals surface area contributed by atoms with Gasteiger partial charge in [-0.3, -0.25) is 4.98 Å². The lowest BCUT2D eigenvalue weighted by Crippen LogP contribution is -2.31. The van der Waals surface area contributed by atoms with Crippen molar-refractivity contribution in [3.63, 3.8) is 0 Å². The van der Waals surface area contributed by atoms with E-state index in [1.165, 1.54) is 0 Å². The largest absolute Gasteiger partial charge is 0.385 e. The number of rotatable bonds is 3. The van der Waals surface area contributed by atoms with Gasteiger partial charge in [-0.25, -0.2) is 0 Å². The van der Waals surface area contributed by atoms with Gasteiger partial charge in [-0.05, 0) is 43.0 Å². The van der Waals surface area contributed by atoms with Crippen molar-refractivity contribution in [1.29, 1.82) is 0 Å². The van der Waals surface area contributed by atoms with Crippen LogP contribution >= 0.6 is 0 Å². The Hall–Kier alpha value is -1.41. The number of hydrogen-bond donors (Lipinski definition) is 1. The summed E-state index contributed by atoms with van der Waals surface area (Å²) in [5.74, 6) is 0.193. The smallest absolute Gasteiger partial charge is 0.0916 e. The highest BCUT2D eigenvalue weighted by molar-refractivity contribution is 5.79. The van der Waals surface area contributed by atoms with E-state index in [1.54, 1.807) is 0 Å². The van der Waals surface area contributed by atoms with Crippen LogP contribution < -0.4 is 0 Å². The number of pyridine rings is 1. The molecule has 96 valence electrons. The topological polar surface area (TPSA) is 33.1 Å². The molecule has 0 amide bonds. The van der Waals surface area contributed by atoms with Gasteiger partial charge in [0, 0.05) is 11.1 Å². The molecule has 0 saturated heterocycles. The van der Waals surface area contributed by atoms with Crippen molar-refractivity contribution in [3.8, 4) is 0 Å². The summed E-state index contributed by atoms with van der Waals surface area (Å²) in [6, 6.07) is 10.1. The lowest BCUT2D eigenvalue weighted by molar-refractivity contribution is -0.0139. The summed E-state index contributed by atoms with van der Waals surface area (Å²) in [5, 5.41) is 11.9. The van der Waals surface area contributed by atoms with E-state index in [9.17, 15) is 5.11 Å². The minimum Gasteiger partial charge on any atom is -0.385 e. The van der Waals surface area contributed by atoms with Gasteiger partial charge in [0.25, 0.3) is 0 Å². The van der Waals surface area contributed by atoms with Crippen LogP contribution in [0.2, 0.25) is 0 Å². The van der Waals surface area contributed by atoms with Gasteiger partial charge in [0.15, 0.2) is 0 Å². The first-order valence-electron chi connectivity index (χ1n) is 6.57. The van der Waals surface area contributed by atoms with Gasteiger partial charge >= 0.3 is 0 Å². The highest BCUT2D eigenvalue weighted by atomic mass is 16.3. The fourth-order valence-corrected chi connectivity index (χ4v) is 2.44. The average molecular weight is 243 g/mol. The average Bonchev–Trinajstić information content (AvgIpc) is 2.36. The molecule has 0 aliphatic rings. The maximum Gasteiger partial charge on any atom is 0.0916 e. The highest BCUT2D eigenvalue weighted by Gasteiger charge is 2.31. The first-order valence-corrected chi connectivity index (χ1v) is 6.57. The van der Waals surface area contributed by atoms with Gasteiger partial charge in [-0.15, -0.1) is 0 Å². The number of benzene rings is 1. The van der Waals surface area contributed by atoms with E-state index in [4.69, 9.17) is 0 Å². The van der Waals surface area contributed by atoms with Crippen molar-refractivity contribution in [1.82, 2.24) is 4.98 Å².